The first-order chi connectivity index (χ1) is 9.58. The SMILES string of the molecule is O=C1[C@H]2[C@H](C(=O)N1c1cc(Cl)ccc1Cl)[C@H]1C=C[C@H]2C1. The quantitative estimate of drug-likeness (QED) is 0.589. The summed E-state index contributed by atoms with van der Waals surface area (Å²) in [5.74, 6) is -0.309. The normalized spacial score (nSPS) is 34.2. The fraction of sp³-hybridized carbons (Fsp3) is 0.333. The number of allylic oxidation sites excluding steroid dienone is 2. The molecule has 2 fully saturated rings. The highest BCUT2D eigenvalue weighted by Gasteiger charge is 2.59. The Balaban J connectivity index is 1.80. The van der Waals surface area contributed by atoms with Gasteiger partial charge in [-0.05, 0) is 36.5 Å². The smallest absolute Gasteiger partial charge is 0.238 e. The minimum Gasteiger partial charge on any atom is -0.274 e. The van der Waals surface area contributed by atoms with E-state index in [-0.39, 0.29) is 35.5 Å². The molecule has 1 saturated heterocycles. The largest absolute Gasteiger partial charge is 0.274 e. The molecule has 0 radical (unpaired) electrons. The van der Waals surface area contributed by atoms with E-state index in [0.29, 0.717) is 15.7 Å². The first kappa shape index (κ1) is 12.4. The summed E-state index contributed by atoms with van der Waals surface area (Å²) in [7, 11) is 0. The average Bonchev–Trinajstić information content (AvgIpc) is 3.08. The lowest BCUT2D eigenvalue weighted by molar-refractivity contribution is -0.123. The van der Waals surface area contributed by atoms with Crippen molar-refractivity contribution in [1.29, 1.82) is 0 Å². The molecule has 1 aliphatic heterocycles. The number of carbonyl (C=O) groups is 2. The van der Waals surface area contributed by atoms with Crippen LogP contribution in [0.5, 0.6) is 0 Å². The van der Waals surface area contributed by atoms with Crippen molar-refractivity contribution in [3.05, 3.63) is 40.4 Å². The van der Waals surface area contributed by atoms with E-state index in [1.54, 1.807) is 18.2 Å². The molecule has 1 saturated carbocycles. The molecule has 102 valence electrons. The molecule has 0 N–H and O–H groups in total. The molecule has 2 bridgehead atoms. The maximum Gasteiger partial charge on any atom is 0.238 e. The molecular weight excluding hydrogens is 297 g/mol. The van der Waals surface area contributed by atoms with E-state index in [9.17, 15) is 9.59 Å². The number of carbonyl (C=O) groups excluding carboxylic acids is 2. The maximum atomic E-state index is 12.6. The minimum atomic E-state index is -0.215. The maximum absolute atomic E-state index is 12.6. The molecule has 1 heterocycles. The van der Waals surface area contributed by atoms with Gasteiger partial charge in [0, 0.05) is 5.02 Å². The average molecular weight is 308 g/mol. The van der Waals surface area contributed by atoms with Crippen molar-refractivity contribution in [3.63, 3.8) is 0 Å². The van der Waals surface area contributed by atoms with Crippen molar-refractivity contribution in [2.24, 2.45) is 23.7 Å². The van der Waals surface area contributed by atoms with Crippen molar-refractivity contribution >= 4 is 40.7 Å². The van der Waals surface area contributed by atoms with E-state index < -0.39 is 0 Å². The Hall–Kier alpha value is -1.32. The Labute approximate surface area is 126 Å². The first-order valence-corrected chi connectivity index (χ1v) is 7.34. The lowest BCUT2D eigenvalue weighted by atomic mass is 9.85. The van der Waals surface area contributed by atoms with Crippen LogP contribution in [0.2, 0.25) is 10.0 Å². The highest BCUT2D eigenvalue weighted by Crippen LogP contribution is 2.53. The molecule has 0 unspecified atom stereocenters. The number of nitrogens with zero attached hydrogens (tertiary/aromatic N) is 1. The monoisotopic (exact) mass is 307 g/mol. The van der Waals surface area contributed by atoms with E-state index in [0.717, 1.165) is 6.42 Å². The topological polar surface area (TPSA) is 37.4 Å². The second-order valence-electron chi connectivity index (χ2n) is 5.61. The number of hydrogen-bond donors (Lipinski definition) is 0. The summed E-state index contributed by atoms with van der Waals surface area (Å²) in [6, 6.07) is 4.83. The molecule has 4 rings (SSSR count). The van der Waals surface area contributed by atoms with Crippen molar-refractivity contribution in [2.45, 2.75) is 6.42 Å². The lowest BCUT2D eigenvalue weighted by Crippen LogP contribution is -2.33. The van der Waals surface area contributed by atoms with Crippen LogP contribution >= 0.6 is 23.2 Å². The summed E-state index contributed by atoms with van der Waals surface area (Å²) in [6.45, 7) is 0. The van der Waals surface area contributed by atoms with E-state index in [2.05, 4.69) is 12.2 Å². The van der Waals surface area contributed by atoms with Gasteiger partial charge in [-0.25, -0.2) is 4.90 Å². The predicted octanol–water partition coefficient (Wildman–Crippen LogP) is 3.30. The van der Waals surface area contributed by atoms with Crippen molar-refractivity contribution in [2.75, 3.05) is 4.90 Å². The van der Waals surface area contributed by atoms with Crippen LogP contribution in [-0.2, 0) is 9.59 Å². The second-order valence-corrected chi connectivity index (χ2v) is 6.45. The number of benzene rings is 1. The van der Waals surface area contributed by atoms with Gasteiger partial charge in [0.1, 0.15) is 0 Å². The Bertz CT molecular complexity index is 640. The Morgan fingerprint density at radius 2 is 1.60 bits per heavy atom. The van der Waals surface area contributed by atoms with Gasteiger partial charge in [-0.3, -0.25) is 9.59 Å². The molecule has 3 nitrogen and oxygen atoms in total. The third-order valence-corrected chi connectivity index (χ3v) is 5.17. The summed E-state index contributed by atoms with van der Waals surface area (Å²) < 4.78 is 0. The fourth-order valence-corrected chi connectivity index (χ4v) is 4.17. The Kier molecular flexibility index (Phi) is 2.54. The molecule has 2 amide bonds. The summed E-state index contributed by atoms with van der Waals surface area (Å²) in [4.78, 5) is 26.5. The van der Waals surface area contributed by atoms with Crippen LogP contribution in [0.3, 0.4) is 0 Å². The molecule has 5 heteroatoms. The van der Waals surface area contributed by atoms with E-state index in [1.165, 1.54) is 4.90 Å². The standard InChI is InChI=1S/C15H11Cl2NO2/c16-9-3-4-10(17)11(6-9)18-14(19)12-7-1-2-8(5-7)13(12)15(18)20/h1-4,6-8,12-13H,5H2/t7-,8-,12+,13+/m0/s1. The van der Waals surface area contributed by atoms with Crippen LogP contribution < -0.4 is 4.90 Å². The van der Waals surface area contributed by atoms with Gasteiger partial charge < -0.3 is 0 Å². The molecule has 0 aromatic heterocycles. The van der Waals surface area contributed by atoms with Crippen LogP contribution in [-0.4, -0.2) is 11.8 Å². The van der Waals surface area contributed by atoms with Gasteiger partial charge in [0.05, 0.1) is 22.5 Å². The highest BCUT2D eigenvalue weighted by molar-refractivity contribution is 6.37. The number of anilines is 1. The second kappa shape index (κ2) is 4.09. The van der Waals surface area contributed by atoms with Crippen LogP contribution in [0, 0.1) is 23.7 Å². The fourth-order valence-electron chi connectivity index (χ4n) is 3.80. The third-order valence-electron chi connectivity index (χ3n) is 4.62. The van der Waals surface area contributed by atoms with Gasteiger partial charge in [0.2, 0.25) is 11.8 Å². The third kappa shape index (κ3) is 1.48. The van der Waals surface area contributed by atoms with Crippen LogP contribution in [0.1, 0.15) is 6.42 Å². The number of imide groups is 1. The Morgan fingerprint density at radius 3 is 2.20 bits per heavy atom. The zero-order valence-corrected chi connectivity index (χ0v) is 11.9. The van der Waals surface area contributed by atoms with Crippen molar-refractivity contribution in [3.8, 4) is 0 Å². The number of hydrogen-bond acceptors (Lipinski definition) is 2. The summed E-state index contributed by atoms with van der Waals surface area (Å²) in [5, 5.41) is 0.833. The molecule has 4 atom stereocenters. The van der Waals surface area contributed by atoms with Gasteiger partial charge in [-0.1, -0.05) is 35.4 Å². The van der Waals surface area contributed by atoms with Gasteiger partial charge >= 0.3 is 0 Å². The zero-order chi connectivity index (χ0) is 14.0. The van der Waals surface area contributed by atoms with Gasteiger partial charge in [-0.15, -0.1) is 0 Å². The molecular formula is C15H11Cl2NO2. The molecule has 0 spiro atoms. The minimum absolute atomic E-state index is 0.138. The van der Waals surface area contributed by atoms with Gasteiger partial charge in [0.15, 0.2) is 0 Å². The summed E-state index contributed by atoms with van der Waals surface area (Å²) >= 11 is 12.1. The van der Waals surface area contributed by atoms with Gasteiger partial charge in [0.25, 0.3) is 0 Å². The highest BCUT2D eigenvalue weighted by atomic mass is 35.5. The Morgan fingerprint density at radius 1 is 1.00 bits per heavy atom. The molecule has 1 aromatic carbocycles. The molecule has 2 aliphatic carbocycles. The van der Waals surface area contributed by atoms with Crippen molar-refractivity contribution in [1.82, 2.24) is 0 Å². The number of halogens is 2. The molecule has 20 heavy (non-hydrogen) atoms. The molecule has 3 aliphatic rings. The van der Waals surface area contributed by atoms with Gasteiger partial charge in [-0.2, -0.15) is 0 Å². The first-order valence-electron chi connectivity index (χ1n) is 6.59. The summed E-state index contributed by atoms with van der Waals surface area (Å²) in [6.07, 6.45) is 5.06. The van der Waals surface area contributed by atoms with E-state index in [1.807, 2.05) is 0 Å². The van der Waals surface area contributed by atoms with Crippen LogP contribution in [0.25, 0.3) is 0 Å². The number of fused-ring (bicyclic) bond motifs is 5. The predicted molar refractivity (Wildman–Crippen MR) is 76.7 cm³/mol. The number of rotatable bonds is 1. The molecule has 1 aromatic rings. The lowest BCUT2D eigenvalue weighted by Gasteiger charge is -2.18. The van der Waals surface area contributed by atoms with Crippen LogP contribution in [0.4, 0.5) is 5.69 Å². The van der Waals surface area contributed by atoms with Crippen molar-refractivity contribution < 1.29 is 9.59 Å². The van der Waals surface area contributed by atoms with E-state index >= 15 is 0 Å². The number of amides is 2. The summed E-state index contributed by atoms with van der Waals surface area (Å²) in [5.41, 5.74) is 0.406. The van der Waals surface area contributed by atoms with Crippen LogP contribution in [0.15, 0.2) is 30.4 Å². The zero-order valence-electron chi connectivity index (χ0n) is 10.4. The van der Waals surface area contributed by atoms with E-state index in [4.69, 9.17) is 23.2 Å².